The first kappa shape index (κ1) is 53.1. The maximum Gasteiger partial charge on any atom is 0.235 e. The average Bonchev–Trinajstić information content (AvgIpc) is 4.17. The number of rotatable bonds is 26. The van der Waals surface area contributed by atoms with Crippen LogP contribution in [0, 0.1) is 0 Å². The van der Waals surface area contributed by atoms with Gasteiger partial charge in [0.05, 0.1) is 61.7 Å². The standard InChI is InChI=1S/C62H60N8O10/c71-57-53-21-7-9-23-55(53)79-59(61(57)77-43-45-13-3-1-4-14-45)47-17-11-19-51(37-47)75-35-33-73-31-29-69-41-49(63-65-69)39-67-25-27-68(28-26-67)40-50-42-70(66-64-50)30-32-74-34-36-76-52-20-12-18-48(38-52)60-62(78-44-46-15-5-2-6-16-46)58(72)54-22-8-10-24-56(54)80-60/h1-24,37-38,41-42H,25-36,39-40,43-44H2. The summed E-state index contributed by atoms with van der Waals surface area (Å²) in [6.07, 6.45) is 3.95. The van der Waals surface area contributed by atoms with Crippen molar-refractivity contribution >= 4 is 21.9 Å². The lowest BCUT2D eigenvalue weighted by atomic mass is 10.1. The van der Waals surface area contributed by atoms with Gasteiger partial charge in [-0.3, -0.25) is 19.4 Å². The molecule has 80 heavy (non-hydrogen) atoms. The van der Waals surface area contributed by atoms with Gasteiger partial charge in [0.25, 0.3) is 0 Å². The molecule has 0 atom stereocenters. The summed E-state index contributed by atoms with van der Waals surface area (Å²) < 4.78 is 52.3. The molecule has 10 aromatic rings. The molecule has 1 aliphatic rings. The molecule has 5 heterocycles. The van der Waals surface area contributed by atoms with E-state index < -0.39 is 0 Å². The molecule has 0 radical (unpaired) electrons. The third-order valence-electron chi connectivity index (χ3n) is 13.5. The molecule has 0 saturated carbocycles. The van der Waals surface area contributed by atoms with Gasteiger partial charge in [0.1, 0.15) is 49.1 Å². The molecule has 0 amide bonds. The Morgan fingerprint density at radius 1 is 0.438 bits per heavy atom. The Kier molecular flexibility index (Phi) is 17.3. The number of ether oxygens (including phenoxy) is 6. The summed E-state index contributed by atoms with van der Waals surface area (Å²) in [5.74, 6) is 2.23. The number of aromatic nitrogens is 6. The Labute approximate surface area is 461 Å². The molecule has 0 spiro atoms. The number of hydrogen-bond donors (Lipinski definition) is 0. The van der Waals surface area contributed by atoms with Crippen molar-refractivity contribution in [3.8, 4) is 45.6 Å². The molecule has 6 aromatic carbocycles. The summed E-state index contributed by atoms with van der Waals surface area (Å²) in [6, 6.07) is 48.6. The van der Waals surface area contributed by atoms with E-state index in [1.807, 2.05) is 155 Å². The predicted molar refractivity (Wildman–Crippen MR) is 301 cm³/mol. The lowest BCUT2D eigenvalue weighted by Gasteiger charge is -2.33. The molecule has 0 aliphatic carbocycles. The number of fused-ring (bicyclic) bond motifs is 2. The number of benzene rings is 6. The summed E-state index contributed by atoms with van der Waals surface area (Å²) in [5, 5.41) is 18.4. The topological polar surface area (TPSA) is 184 Å². The first-order chi connectivity index (χ1) is 39.5. The van der Waals surface area contributed by atoms with Crippen molar-refractivity contribution in [2.45, 2.75) is 39.4 Å². The second kappa shape index (κ2) is 26.1. The molecule has 0 unspecified atom stereocenters. The van der Waals surface area contributed by atoms with Gasteiger partial charge in [-0.15, -0.1) is 10.2 Å². The van der Waals surface area contributed by atoms with E-state index in [9.17, 15) is 9.59 Å². The molecule has 18 heteroatoms. The van der Waals surface area contributed by atoms with Gasteiger partial charge in [-0.1, -0.05) is 120 Å². The van der Waals surface area contributed by atoms with E-state index in [0.717, 1.165) is 61.8 Å². The minimum Gasteiger partial charge on any atom is -0.491 e. The van der Waals surface area contributed by atoms with Crippen LogP contribution in [0.3, 0.4) is 0 Å². The van der Waals surface area contributed by atoms with Crippen LogP contribution in [0.1, 0.15) is 22.5 Å². The minimum atomic E-state index is -0.230. The molecular weight excluding hydrogens is 1020 g/mol. The van der Waals surface area contributed by atoms with E-state index in [4.69, 9.17) is 37.3 Å². The quantitative estimate of drug-likeness (QED) is 0.0468. The van der Waals surface area contributed by atoms with Crippen LogP contribution in [-0.4, -0.2) is 106 Å². The summed E-state index contributed by atoms with van der Waals surface area (Å²) in [5.41, 5.74) is 5.54. The Hall–Kier alpha value is -8.94. The van der Waals surface area contributed by atoms with Crippen molar-refractivity contribution in [1.29, 1.82) is 0 Å². The van der Waals surface area contributed by atoms with Crippen molar-refractivity contribution in [2.75, 3.05) is 65.8 Å². The largest absolute Gasteiger partial charge is 0.491 e. The fourth-order valence-electron chi connectivity index (χ4n) is 9.37. The van der Waals surface area contributed by atoms with Crippen LogP contribution in [0.15, 0.2) is 189 Å². The normalized spacial score (nSPS) is 13.0. The summed E-state index contributed by atoms with van der Waals surface area (Å²) in [4.78, 5) is 32.0. The number of piperazine rings is 1. The minimum absolute atomic E-state index is 0.154. The monoisotopic (exact) mass is 1080 g/mol. The van der Waals surface area contributed by atoms with E-state index in [1.54, 1.807) is 24.3 Å². The van der Waals surface area contributed by atoms with Crippen molar-refractivity contribution < 1.29 is 37.3 Å². The lowest BCUT2D eigenvalue weighted by molar-refractivity contribution is 0.0923. The highest BCUT2D eigenvalue weighted by Gasteiger charge is 2.22. The molecule has 1 fully saturated rings. The zero-order valence-corrected chi connectivity index (χ0v) is 44.1. The van der Waals surface area contributed by atoms with E-state index in [2.05, 4.69) is 30.4 Å². The number of nitrogens with zero attached hydrogens (tertiary/aromatic N) is 8. The first-order valence-electron chi connectivity index (χ1n) is 26.8. The molecule has 18 nitrogen and oxygen atoms in total. The van der Waals surface area contributed by atoms with Crippen molar-refractivity contribution in [3.63, 3.8) is 0 Å². The summed E-state index contributed by atoms with van der Waals surface area (Å²) in [6.45, 7) is 8.90. The fraction of sp³-hybridized carbons (Fsp3) is 0.258. The molecule has 11 rings (SSSR count). The predicted octanol–water partition coefficient (Wildman–Crippen LogP) is 9.08. The highest BCUT2D eigenvalue weighted by atomic mass is 16.5. The highest BCUT2D eigenvalue weighted by Crippen LogP contribution is 2.35. The Morgan fingerprint density at radius 3 is 1.31 bits per heavy atom. The van der Waals surface area contributed by atoms with Crippen LogP contribution in [0.25, 0.3) is 44.6 Å². The van der Waals surface area contributed by atoms with E-state index >= 15 is 0 Å². The highest BCUT2D eigenvalue weighted by molar-refractivity contribution is 5.83. The molecule has 1 aliphatic heterocycles. The van der Waals surface area contributed by atoms with Crippen LogP contribution in [0.4, 0.5) is 0 Å². The smallest absolute Gasteiger partial charge is 0.235 e. The van der Waals surface area contributed by atoms with Gasteiger partial charge in [0.2, 0.25) is 22.4 Å². The summed E-state index contributed by atoms with van der Waals surface area (Å²) >= 11 is 0. The van der Waals surface area contributed by atoms with Gasteiger partial charge >= 0.3 is 0 Å². The third-order valence-corrected chi connectivity index (χ3v) is 13.5. The molecule has 4 aromatic heterocycles. The van der Waals surface area contributed by atoms with Crippen LogP contribution in [-0.2, 0) is 48.9 Å². The van der Waals surface area contributed by atoms with Gasteiger partial charge in [-0.2, -0.15) is 0 Å². The Bertz CT molecular complexity index is 3500. The van der Waals surface area contributed by atoms with E-state index in [-0.39, 0.29) is 35.6 Å². The molecular formula is C62H60N8O10. The second-order valence-corrected chi connectivity index (χ2v) is 19.2. The van der Waals surface area contributed by atoms with Crippen LogP contribution in [0.5, 0.6) is 23.0 Å². The second-order valence-electron chi connectivity index (χ2n) is 19.2. The van der Waals surface area contributed by atoms with Gasteiger partial charge in [-0.25, -0.2) is 9.36 Å². The van der Waals surface area contributed by atoms with Crippen LogP contribution < -0.4 is 29.8 Å². The molecule has 0 N–H and O–H groups in total. The average molecular weight is 1080 g/mol. The van der Waals surface area contributed by atoms with Crippen LogP contribution in [0.2, 0.25) is 0 Å². The Balaban J connectivity index is 0.567. The van der Waals surface area contributed by atoms with E-state index in [0.29, 0.717) is 109 Å². The number of para-hydroxylation sites is 2. The first-order valence-corrected chi connectivity index (χ1v) is 26.8. The maximum absolute atomic E-state index is 13.6. The van der Waals surface area contributed by atoms with Gasteiger partial charge in [0, 0.05) is 62.8 Å². The molecule has 1 saturated heterocycles. The van der Waals surface area contributed by atoms with Crippen molar-refractivity contribution in [2.24, 2.45) is 0 Å². The molecule has 0 bridgehead atoms. The van der Waals surface area contributed by atoms with Gasteiger partial charge in [0.15, 0.2) is 11.5 Å². The SMILES string of the molecule is O=c1c(OCc2ccccc2)c(-c2cccc(OCCOCCn3cc(CN4CCN(Cc5cn(CCOCCOc6cccc(-c7oc8ccccc8c(=O)c7OCc7ccccc7)c6)nn5)CC4)nn3)c2)oc2ccccc12. The number of hydrogen-bond acceptors (Lipinski definition) is 16. The van der Waals surface area contributed by atoms with Crippen molar-refractivity contribution in [1.82, 2.24) is 39.8 Å². The van der Waals surface area contributed by atoms with E-state index in [1.165, 1.54) is 0 Å². The zero-order chi connectivity index (χ0) is 54.3. The maximum atomic E-state index is 13.6. The fourth-order valence-corrected chi connectivity index (χ4v) is 9.37. The Morgan fingerprint density at radius 2 is 0.863 bits per heavy atom. The zero-order valence-electron chi connectivity index (χ0n) is 44.1. The van der Waals surface area contributed by atoms with Gasteiger partial charge in [-0.05, 0) is 59.7 Å². The third kappa shape index (κ3) is 13.7. The van der Waals surface area contributed by atoms with Crippen LogP contribution >= 0.6 is 0 Å². The van der Waals surface area contributed by atoms with Gasteiger partial charge < -0.3 is 37.3 Å². The molecule has 408 valence electrons. The summed E-state index contributed by atoms with van der Waals surface area (Å²) in [7, 11) is 0. The van der Waals surface area contributed by atoms with Crippen molar-refractivity contribution in [3.05, 3.63) is 213 Å². The lowest BCUT2D eigenvalue weighted by Crippen LogP contribution is -2.45.